The van der Waals surface area contributed by atoms with Crippen molar-refractivity contribution in [2.45, 2.75) is 318 Å². The molecule has 6 atom stereocenters. The van der Waals surface area contributed by atoms with Gasteiger partial charge in [0.15, 0.2) is 12.2 Å². The van der Waals surface area contributed by atoms with E-state index in [-0.39, 0.29) is 25.7 Å². The Balaban J connectivity index is 5.25. The quantitative estimate of drug-likeness (QED) is 0.0222. The van der Waals surface area contributed by atoms with E-state index < -0.39 is 97.5 Å². The van der Waals surface area contributed by atoms with Crippen LogP contribution in [0.5, 0.6) is 0 Å². The molecule has 0 fully saturated rings. The number of rotatable bonds is 60. The van der Waals surface area contributed by atoms with Crippen LogP contribution in [0.25, 0.3) is 0 Å². The number of unbranched alkanes of at least 4 members (excludes halogenated alkanes) is 25. The Labute approximate surface area is 498 Å². The van der Waals surface area contributed by atoms with Crippen LogP contribution in [-0.4, -0.2) is 96.7 Å². The van der Waals surface area contributed by atoms with Crippen molar-refractivity contribution < 1.29 is 80.2 Å². The first kappa shape index (κ1) is 80.1. The normalized spacial score (nSPS) is 14.8. The smallest absolute Gasteiger partial charge is 0.462 e. The Kier molecular flexibility index (Phi) is 52.0. The second-order valence-corrected chi connectivity index (χ2v) is 27.4. The lowest BCUT2D eigenvalue weighted by molar-refractivity contribution is -0.161. The van der Waals surface area contributed by atoms with Crippen molar-refractivity contribution >= 4 is 39.5 Å². The summed E-state index contributed by atoms with van der Waals surface area (Å²) in [5.41, 5.74) is 0. The van der Waals surface area contributed by atoms with Crippen LogP contribution in [-0.2, 0) is 65.4 Å². The lowest BCUT2D eigenvalue weighted by Crippen LogP contribution is -2.30. The monoisotopic (exact) mass is 1210 g/mol. The molecule has 82 heavy (non-hydrogen) atoms. The highest BCUT2D eigenvalue weighted by atomic mass is 31.2. The van der Waals surface area contributed by atoms with E-state index in [2.05, 4.69) is 55.4 Å². The average molecular weight is 1210 g/mol. The Morgan fingerprint density at radius 1 is 0.341 bits per heavy atom. The first-order chi connectivity index (χ1) is 39.1. The van der Waals surface area contributed by atoms with Crippen LogP contribution < -0.4 is 0 Å². The van der Waals surface area contributed by atoms with Crippen LogP contribution in [0.2, 0.25) is 0 Å². The maximum Gasteiger partial charge on any atom is 0.472 e. The molecule has 3 N–H and O–H groups in total. The van der Waals surface area contributed by atoms with Gasteiger partial charge in [0.05, 0.1) is 26.4 Å². The lowest BCUT2D eigenvalue weighted by atomic mass is 10.00. The number of esters is 4. The number of phosphoric ester groups is 2. The fourth-order valence-electron chi connectivity index (χ4n) is 9.22. The third-order valence-corrected chi connectivity index (χ3v) is 16.6. The maximum atomic E-state index is 13.0. The molecule has 0 heterocycles. The molecular formula is C63H122O17P2. The average Bonchev–Trinajstić information content (AvgIpc) is 3.42. The van der Waals surface area contributed by atoms with Gasteiger partial charge >= 0.3 is 39.5 Å². The van der Waals surface area contributed by atoms with E-state index >= 15 is 0 Å². The third kappa shape index (κ3) is 55.9. The lowest BCUT2D eigenvalue weighted by Gasteiger charge is -2.21. The number of hydrogen-bond donors (Lipinski definition) is 3. The van der Waals surface area contributed by atoms with Gasteiger partial charge in [0.1, 0.15) is 19.3 Å². The molecule has 0 saturated heterocycles. The predicted molar refractivity (Wildman–Crippen MR) is 326 cm³/mol. The molecule has 19 heteroatoms. The van der Waals surface area contributed by atoms with Crippen molar-refractivity contribution in [1.82, 2.24) is 0 Å². The molecule has 0 aromatic carbocycles. The summed E-state index contributed by atoms with van der Waals surface area (Å²) >= 11 is 0. The van der Waals surface area contributed by atoms with Gasteiger partial charge in [-0.25, -0.2) is 9.13 Å². The van der Waals surface area contributed by atoms with Gasteiger partial charge in [-0.2, -0.15) is 0 Å². The SMILES string of the molecule is CCC(C)CCCCCCCCC(=O)OC[C@H](COP(=O)(O)OCC(O)COP(=O)(O)OC[C@@H](COC(=O)CCCCCCCCCC(C)C)OC(=O)CCCCCCCCCCCCC(C)C)OC(=O)CCCCCCCCC(C)C. The molecule has 0 aromatic heterocycles. The molecule has 0 aliphatic carbocycles. The Bertz CT molecular complexity index is 1650. The third-order valence-electron chi connectivity index (χ3n) is 14.7. The van der Waals surface area contributed by atoms with E-state index in [9.17, 15) is 43.2 Å². The molecule has 0 spiro atoms. The number of hydrogen-bond acceptors (Lipinski definition) is 15. The van der Waals surface area contributed by atoms with Gasteiger partial charge in [0, 0.05) is 25.7 Å². The van der Waals surface area contributed by atoms with Gasteiger partial charge in [-0.15, -0.1) is 0 Å². The second-order valence-electron chi connectivity index (χ2n) is 24.5. The maximum absolute atomic E-state index is 13.0. The van der Waals surface area contributed by atoms with Gasteiger partial charge in [0.25, 0.3) is 0 Å². The van der Waals surface area contributed by atoms with Gasteiger partial charge < -0.3 is 33.8 Å². The first-order valence-electron chi connectivity index (χ1n) is 32.7. The molecule has 0 radical (unpaired) electrons. The van der Waals surface area contributed by atoms with E-state index in [4.69, 9.17) is 37.0 Å². The fraction of sp³-hybridized carbons (Fsp3) is 0.937. The van der Waals surface area contributed by atoms with Crippen molar-refractivity contribution in [2.75, 3.05) is 39.6 Å². The van der Waals surface area contributed by atoms with Crippen LogP contribution in [0.3, 0.4) is 0 Å². The van der Waals surface area contributed by atoms with Crippen LogP contribution in [0.1, 0.15) is 299 Å². The number of ether oxygens (including phenoxy) is 4. The highest BCUT2D eigenvalue weighted by molar-refractivity contribution is 7.47. The van der Waals surface area contributed by atoms with Crippen LogP contribution in [0.15, 0.2) is 0 Å². The van der Waals surface area contributed by atoms with Crippen molar-refractivity contribution in [3.05, 3.63) is 0 Å². The highest BCUT2D eigenvalue weighted by Crippen LogP contribution is 2.45. The van der Waals surface area contributed by atoms with Crippen molar-refractivity contribution in [3.63, 3.8) is 0 Å². The van der Waals surface area contributed by atoms with Gasteiger partial charge in [-0.3, -0.25) is 37.3 Å². The summed E-state index contributed by atoms with van der Waals surface area (Å²) in [5.74, 6) is 0.712. The summed E-state index contributed by atoms with van der Waals surface area (Å²) in [4.78, 5) is 72.1. The molecule has 17 nitrogen and oxygen atoms in total. The summed E-state index contributed by atoms with van der Waals surface area (Å²) in [6, 6.07) is 0. The zero-order valence-corrected chi connectivity index (χ0v) is 54.9. The second kappa shape index (κ2) is 53.3. The summed E-state index contributed by atoms with van der Waals surface area (Å²) < 4.78 is 67.9. The molecule has 4 unspecified atom stereocenters. The first-order valence-corrected chi connectivity index (χ1v) is 35.7. The molecular weight excluding hydrogens is 1090 g/mol. The standard InChI is InChI=1S/C63H122O17P2/c1-9-56(8)42-34-26-20-22-28-36-44-61(66)74-50-59(80-63(68)46-38-30-21-19-25-33-41-55(6)7)52-78-82(71,72)76-48-57(64)47-75-81(69,70)77-51-58(49-73-60(65)43-35-27-18-14-16-24-32-40-54(4)5)79-62(67)45-37-29-17-13-11-10-12-15-23-31-39-53(2)3/h53-59,64H,9-52H2,1-8H3,(H,69,70)(H,71,72)/t56?,57?,58-,59-/m1/s1. The summed E-state index contributed by atoms with van der Waals surface area (Å²) in [6.07, 6.45) is 32.4. The van der Waals surface area contributed by atoms with E-state index in [1.807, 2.05) is 0 Å². The minimum Gasteiger partial charge on any atom is -0.462 e. The number of phosphoric acid groups is 2. The number of carbonyl (C=O) groups excluding carboxylic acids is 4. The van der Waals surface area contributed by atoms with E-state index in [0.29, 0.717) is 37.5 Å². The molecule has 486 valence electrons. The molecule has 0 saturated carbocycles. The fourth-order valence-corrected chi connectivity index (χ4v) is 10.8. The highest BCUT2D eigenvalue weighted by Gasteiger charge is 2.30. The summed E-state index contributed by atoms with van der Waals surface area (Å²) in [6.45, 7) is 13.9. The Morgan fingerprint density at radius 2 is 0.585 bits per heavy atom. The predicted octanol–water partition coefficient (Wildman–Crippen LogP) is 17.0. The van der Waals surface area contributed by atoms with Gasteiger partial charge in [0.2, 0.25) is 0 Å². The van der Waals surface area contributed by atoms with Crippen molar-refractivity contribution in [3.8, 4) is 0 Å². The van der Waals surface area contributed by atoms with Gasteiger partial charge in [-0.05, 0) is 49.4 Å². The topological polar surface area (TPSA) is 237 Å². The van der Waals surface area contributed by atoms with Crippen LogP contribution in [0, 0.1) is 23.7 Å². The zero-order valence-electron chi connectivity index (χ0n) is 53.1. The van der Waals surface area contributed by atoms with Gasteiger partial charge in [-0.1, -0.05) is 248 Å². The number of aliphatic hydroxyl groups excluding tert-OH is 1. The van der Waals surface area contributed by atoms with E-state index in [1.165, 1.54) is 89.9 Å². The van der Waals surface area contributed by atoms with Crippen molar-refractivity contribution in [1.29, 1.82) is 0 Å². The molecule has 0 bridgehead atoms. The van der Waals surface area contributed by atoms with Crippen molar-refractivity contribution in [2.24, 2.45) is 23.7 Å². The summed E-state index contributed by atoms with van der Waals surface area (Å²) in [7, 11) is -9.89. The van der Waals surface area contributed by atoms with Crippen LogP contribution >= 0.6 is 15.6 Å². The van der Waals surface area contributed by atoms with E-state index in [0.717, 1.165) is 115 Å². The number of carbonyl (C=O) groups is 4. The molecule has 0 amide bonds. The number of aliphatic hydroxyl groups is 1. The Morgan fingerprint density at radius 3 is 0.866 bits per heavy atom. The van der Waals surface area contributed by atoms with Crippen LogP contribution in [0.4, 0.5) is 0 Å². The minimum absolute atomic E-state index is 0.100. The molecule has 0 rings (SSSR count). The zero-order chi connectivity index (χ0) is 61.1. The molecule has 0 aliphatic rings. The summed E-state index contributed by atoms with van der Waals surface area (Å²) in [5, 5.41) is 10.5. The van der Waals surface area contributed by atoms with E-state index in [1.54, 1.807) is 0 Å². The Hall–Kier alpha value is -1.94. The molecule has 0 aromatic rings. The minimum atomic E-state index is -4.94. The largest absolute Gasteiger partial charge is 0.472 e. The molecule has 0 aliphatic heterocycles.